The highest BCUT2D eigenvalue weighted by Gasteiger charge is 2.08. The molecule has 1 N–H and O–H groups in total. The number of hydrogen-bond acceptors (Lipinski definition) is 5. The van der Waals surface area contributed by atoms with Crippen LogP contribution in [0.1, 0.15) is 17.1 Å². The number of methoxy groups -OCH3 is 1. The normalized spacial score (nSPS) is 10.6. The van der Waals surface area contributed by atoms with Crippen LogP contribution in [-0.4, -0.2) is 26.6 Å². The average molecular weight is 309 g/mol. The lowest BCUT2D eigenvalue weighted by Gasteiger charge is -2.12. The van der Waals surface area contributed by atoms with Gasteiger partial charge in [-0.15, -0.1) is 0 Å². The Balaban J connectivity index is 1.92. The van der Waals surface area contributed by atoms with Gasteiger partial charge >= 0.3 is 0 Å². The minimum atomic E-state index is 0.579. The Kier molecular flexibility index (Phi) is 3.97. The van der Waals surface area contributed by atoms with Crippen molar-refractivity contribution in [2.24, 2.45) is 0 Å². The first-order chi connectivity index (χ1) is 11.0. The second-order valence-corrected chi connectivity index (χ2v) is 5.41. The summed E-state index contributed by atoms with van der Waals surface area (Å²) in [4.78, 5) is 13.0. The first-order valence-corrected chi connectivity index (χ1v) is 7.33. The van der Waals surface area contributed by atoms with Crippen molar-refractivity contribution in [3.8, 4) is 11.4 Å². The summed E-state index contributed by atoms with van der Waals surface area (Å²) >= 11 is 0. The largest absolute Gasteiger partial charge is 0.494 e. The van der Waals surface area contributed by atoms with Gasteiger partial charge in [-0.2, -0.15) is 0 Å². The molecule has 0 aliphatic rings. The third kappa shape index (κ3) is 3.31. The fourth-order valence-electron chi connectivity index (χ4n) is 2.43. The molecule has 0 amide bonds. The zero-order chi connectivity index (χ0) is 16.4. The number of aryl methyl sites for hydroxylation is 3. The number of hydrogen-bond donors (Lipinski definition) is 1. The van der Waals surface area contributed by atoms with Gasteiger partial charge in [-0.05, 0) is 39.0 Å². The van der Waals surface area contributed by atoms with Crippen LogP contribution in [-0.2, 0) is 0 Å². The van der Waals surface area contributed by atoms with Gasteiger partial charge in [0, 0.05) is 29.3 Å². The van der Waals surface area contributed by atoms with Crippen LogP contribution >= 0.6 is 0 Å². The molecule has 0 saturated heterocycles. The summed E-state index contributed by atoms with van der Waals surface area (Å²) in [6.07, 6.45) is 3.73. The Labute approximate surface area is 135 Å². The molecule has 0 bridgehead atoms. The van der Waals surface area contributed by atoms with E-state index in [2.05, 4.69) is 20.3 Å². The summed E-state index contributed by atoms with van der Waals surface area (Å²) in [7, 11) is 1.65. The fourth-order valence-corrected chi connectivity index (χ4v) is 2.43. The number of imidazole rings is 1. The maximum absolute atomic E-state index is 5.51. The zero-order valence-corrected chi connectivity index (χ0v) is 13.7. The summed E-state index contributed by atoms with van der Waals surface area (Å²) < 4.78 is 7.44. The van der Waals surface area contributed by atoms with Crippen molar-refractivity contribution in [3.05, 3.63) is 53.9 Å². The van der Waals surface area contributed by atoms with E-state index in [1.807, 2.05) is 55.8 Å². The molecule has 0 unspecified atom stereocenters. The maximum atomic E-state index is 5.51. The molecule has 118 valence electrons. The summed E-state index contributed by atoms with van der Waals surface area (Å²) in [6.45, 7) is 5.85. The SMILES string of the molecule is COc1cc(Nc2nc(C)cc(C)n2)ccc1-n1cnc(C)c1. The van der Waals surface area contributed by atoms with Crippen molar-refractivity contribution in [3.63, 3.8) is 0 Å². The number of benzene rings is 1. The van der Waals surface area contributed by atoms with Crippen molar-refractivity contribution in [1.82, 2.24) is 19.5 Å². The Hall–Kier alpha value is -2.89. The van der Waals surface area contributed by atoms with Gasteiger partial charge < -0.3 is 14.6 Å². The highest BCUT2D eigenvalue weighted by molar-refractivity contribution is 5.62. The van der Waals surface area contributed by atoms with Crippen LogP contribution in [0.2, 0.25) is 0 Å². The third-order valence-electron chi connectivity index (χ3n) is 3.41. The Bertz CT molecular complexity index is 821. The van der Waals surface area contributed by atoms with Crippen LogP contribution in [0.25, 0.3) is 5.69 Å². The van der Waals surface area contributed by atoms with E-state index < -0.39 is 0 Å². The monoisotopic (exact) mass is 309 g/mol. The summed E-state index contributed by atoms with van der Waals surface area (Å²) in [5, 5.41) is 3.22. The molecular weight excluding hydrogens is 290 g/mol. The average Bonchev–Trinajstić information content (AvgIpc) is 2.92. The van der Waals surface area contributed by atoms with Gasteiger partial charge in [0.2, 0.25) is 5.95 Å². The van der Waals surface area contributed by atoms with E-state index in [4.69, 9.17) is 4.74 Å². The molecule has 3 rings (SSSR count). The number of ether oxygens (including phenoxy) is 1. The van der Waals surface area contributed by atoms with E-state index in [-0.39, 0.29) is 0 Å². The van der Waals surface area contributed by atoms with Gasteiger partial charge in [0.1, 0.15) is 5.75 Å². The molecule has 23 heavy (non-hydrogen) atoms. The van der Waals surface area contributed by atoms with Crippen molar-refractivity contribution < 1.29 is 4.74 Å². The molecule has 0 aliphatic heterocycles. The van der Waals surface area contributed by atoms with Crippen LogP contribution in [0, 0.1) is 20.8 Å². The molecule has 2 aromatic heterocycles. The molecule has 0 atom stereocenters. The van der Waals surface area contributed by atoms with Crippen molar-refractivity contribution in [2.75, 3.05) is 12.4 Å². The van der Waals surface area contributed by atoms with E-state index in [0.717, 1.165) is 34.2 Å². The van der Waals surface area contributed by atoms with Crippen LogP contribution in [0.5, 0.6) is 5.75 Å². The third-order valence-corrected chi connectivity index (χ3v) is 3.41. The van der Waals surface area contributed by atoms with E-state index >= 15 is 0 Å². The molecule has 1 aromatic carbocycles. The lowest BCUT2D eigenvalue weighted by molar-refractivity contribution is 0.413. The van der Waals surface area contributed by atoms with Crippen LogP contribution in [0.4, 0.5) is 11.6 Å². The fraction of sp³-hybridized carbons (Fsp3) is 0.235. The van der Waals surface area contributed by atoms with Crippen LogP contribution < -0.4 is 10.1 Å². The number of aromatic nitrogens is 4. The molecule has 6 nitrogen and oxygen atoms in total. The van der Waals surface area contributed by atoms with Gasteiger partial charge in [0.25, 0.3) is 0 Å². The topological polar surface area (TPSA) is 64.9 Å². The smallest absolute Gasteiger partial charge is 0.227 e. The molecule has 0 aliphatic carbocycles. The molecule has 2 heterocycles. The number of nitrogens with one attached hydrogen (secondary N) is 1. The lowest BCUT2D eigenvalue weighted by atomic mass is 10.2. The van der Waals surface area contributed by atoms with Crippen molar-refractivity contribution in [2.45, 2.75) is 20.8 Å². The minimum Gasteiger partial charge on any atom is -0.494 e. The zero-order valence-electron chi connectivity index (χ0n) is 13.7. The first kappa shape index (κ1) is 15.0. The lowest BCUT2D eigenvalue weighted by Crippen LogP contribution is -2.01. The van der Waals surface area contributed by atoms with E-state index in [9.17, 15) is 0 Å². The van der Waals surface area contributed by atoms with Gasteiger partial charge in [-0.25, -0.2) is 15.0 Å². The number of nitrogens with zero attached hydrogens (tertiary/aromatic N) is 4. The Morgan fingerprint density at radius 2 is 1.74 bits per heavy atom. The minimum absolute atomic E-state index is 0.579. The van der Waals surface area contributed by atoms with Gasteiger partial charge in [0.05, 0.1) is 24.8 Å². The van der Waals surface area contributed by atoms with Crippen LogP contribution in [0.15, 0.2) is 36.8 Å². The highest BCUT2D eigenvalue weighted by Crippen LogP contribution is 2.28. The number of anilines is 2. The quantitative estimate of drug-likeness (QED) is 0.800. The van der Waals surface area contributed by atoms with Gasteiger partial charge in [0.15, 0.2) is 0 Å². The first-order valence-electron chi connectivity index (χ1n) is 7.33. The van der Waals surface area contributed by atoms with Crippen LogP contribution in [0.3, 0.4) is 0 Å². The maximum Gasteiger partial charge on any atom is 0.227 e. The van der Waals surface area contributed by atoms with Crippen molar-refractivity contribution in [1.29, 1.82) is 0 Å². The molecule has 0 saturated carbocycles. The molecule has 0 radical (unpaired) electrons. The summed E-state index contributed by atoms with van der Waals surface area (Å²) in [5.74, 6) is 1.33. The predicted octanol–water partition coefficient (Wildman–Crippen LogP) is 3.34. The van der Waals surface area contributed by atoms with E-state index in [0.29, 0.717) is 5.95 Å². The predicted molar refractivity (Wildman–Crippen MR) is 89.6 cm³/mol. The molecular formula is C17H19N5O. The Morgan fingerprint density at radius 3 is 2.35 bits per heavy atom. The Morgan fingerprint density at radius 1 is 1.00 bits per heavy atom. The summed E-state index contributed by atoms with van der Waals surface area (Å²) in [6, 6.07) is 7.81. The summed E-state index contributed by atoms with van der Waals surface area (Å²) in [5.41, 5.74) is 4.61. The molecule has 3 aromatic rings. The number of rotatable bonds is 4. The second-order valence-electron chi connectivity index (χ2n) is 5.41. The molecule has 0 spiro atoms. The molecule has 6 heteroatoms. The van der Waals surface area contributed by atoms with Gasteiger partial charge in [-0.1, -0.05) is 0 Å². The van der Waals surface area contributed by atoms with Crippen molar-refractivity contribution >= 4 is 11.6 Å². The highest BCUT2D eigenvalue weighted by atomic mass is 16.5. The van der Waals surface area contributed by atoms with E-state index in [1.54, 1.807) is 13.4 Å². The van der Waals surface area contributed by atoms with E-state index in [1.165, 1.54) is 0 Å². The molecule has 0 fully saturated rings. The van der Waals surface area contributed by atoms with Gasteiger partial charge in [-0.3, -0.25) is 0 Å². The standard InChI is InChI=1S/C17H19N5O/c1-11-7-12(2)20-17(19-11)21-14-5-6-15(16(8-14)23-4)22-9-13(3)18-10-22/h5-10H,1-4H3,(H,19,20,21). The second kappa shape index (κ2) is 6.08.